The first-order chi connectivity index (χ1) is 8.91. The number of hydrogen-bond acceptors (Lipinski definition) is 3. The highest BCUT2D eigenvalue weighted by molar-refractivity contribution is 7.89. The van der Waals surface area contributed by atoms with E-state index >= 15 is 0 Å². The number of benzene rings is 1. The molecule has 0 atom stereocenters. The maximum atomic E-state index is 13.3. The highest BCUT2D eigenvalue weighted by Crippen LogP contribution is 2.06. The fourth-order valence-corrected chi connectivity index (χ4v) is 2.54. The predicted molar refractivity (Wildman–Crippen MR) is 75.0 cm³/mol. The molecule has 0 heterocycles. The van der Waals surface area contributed by atoms with Crippen LogP contribution in [0.1, 0.15) is 19.4 Å². The highest BCUT2D eigenvalue weighted by atomic mass is 32.2. The van der Waals surface area contributed by atoms with Crippen LogP contribution in [0.3, 0.4) is 0 Å². The van der Waals surface area contributed by atoms with Crippen molar-refractivity contribution in [1.82, 2.24) is 10.0 Å². The Morgan fingerprint density at radius 2 is 1.89 bits per heavy atom. The Balaban J connectivity index is 2.34. The van der Waals surface area contributed by atoms with E-state index < -0.39 is 10.0 Å². The first-order valence-electron chi connectivity index (χ1n) is 6.35. The molecule has 1 rings (SSSR count). The van der Waals surface area contributed by atoms with Crippen molar-refractivity contribution in [3.63, 3.8) is 0 Å². The van der Waals surface area contributed by atoms with Crippen molar-refractivity contribution in [2.45, 2.75) is 26.3 Å². The molecule has 0 bridgehead atoms. The molecule has 0 aliphatic carbocycles. The van der Waals surface area contributed by atoms with E-state index in [4.69, 9.17) is 0 Å². The lowest BCUT2D eigenvalue weighted by atomic mass is 10.1. The molecule has 0 spiro atoms. The minimum absolute atomic E-state index is 0.0302. The molecule has 0 saturated carbocycles. The van der Waals surface area contributed by atoms with E-state index in [9.17, 15) is 12.8 Å². The van der Waals surface area contributed by atoms with E-state index in [-0.39, 0.29) is 24.2 Å². The van der Waals surface area contributed by atoms with E-state index in [1.165, 1.54) is 6.07 Å². The van der Waals surface area contributed by atoms with Gasteiger partial charge < -0.3 is 5.32 Å². The van der Waals surface area contributed by atoms with Gasteiger partial charge in [0.05, 0.1) is 5.75 Å². The molecular weight excluding hydrogens is 267 g/mol. The Labute approximate surface area is 114 Å². The highest BCUT2D eigenvalue weighted by Gasteiger charge is 2.10. The number of halogens is 1. The van der Waals surface area contributed by atoms with Gasteiger partial charge >= 0.3 is 0 Å². The molecule has 108 valence electrons. The molecule has 1 aromatic rings. The SMILES string of the molecule is CC(C)NCCS(=O)(=O)NCCc1ccccc1F. The fourth-order valence-electron chi connectivity index (χ4n) is 1.60. The van der Waals surface area contributed by atoms with Crippen LogP contribution in [0.2, 0.25) is 0 Å². The molecule has 0 amide bonds. The molecule has 0 aliphatic rings. The summed E-state index contributed by atoms with van der Waals surface area (Å²) in [6, 6.07) is 6.63. The monoisotopic (exact) mass is 288 g/mol. The molecule has 4 nitrogen and oxygen atoms in total. The zero-order chi connectivity index (χ0) is 14.3. The third-order valence-electron chi connectivity index (χ3n) is 2.60. The van der Waals surface area contributed by atoms with Gasteiger partial charge in [-0.25, -0.2) is 17.5 Å². The first-order valence-corrected chi connectivity index (χ1v) is 8.00. The summed E-state index contributed by atoms with van der Waals surface area (Å²) in [5, 5.41) is 3.04. The number of hydrogen-bond donors (Lipinski definition) is 2. The smallest absolute Gasteiger partial charge is 0.212 e. The Kier molecular flexibility index (Phi) is 6.41. The van der Waals surface area contributed by atoms with Gasteiger partial charge in [0, 0.05) is 19.1 Å². The summed E-state index contributed by atoms with van der Waals surface area (Å²) in [5.74, 6) is -0.272. The minimum atomic E-state index is -3.30. The molecule has 19 heavy (non-hydrogen) atoms. The normalized spacial score (nSPS) is 12.0. The molecular formula is C13H21FN2O2S. The lowest BCUT2D eigenvalue weighted by Gasteiger charge is -2.10. The van der Waals surface area contributed by atoms with E-state index in [0.717, 1.165) is 0 Å². The van der Waals surface area contributed by atoms with Crippen molar-refractivity contribution in [2.24, 2.45) is 0 Å². The summed E-state index contributed by atoms with van der Waals surface area (Å²) < 4.78 is 39.1. The second kappa shape index (κ2) is 7.57. The molecule has 0 aliphatic heterocycles. The first kappa shape index (κ1) is 16.1. The molecule has 2 N–H and O–H groups in total. The summed E-state index contributed by atoms with van der Waals surface area (Å²) in [7, 11) is -3.30. The van der Waals surface area contributed by atoms with Crippen molar-refractivity contribution in [1.29, 1.82) is 0 Å². The van der Waals surface area contributed by atoms with Crippen molar-refractivity contribution in [3.05, 3.63) is 35.6 Å². The third kappa shape index (κ3) is 6.66. The van der Waals surface area contributed by atoms with E-state index in [2.05, 4.69) is 10.0 Å². The van der Waals surface area contributed by atoms with Crippen LogP contribution in [0.4, 0.5) is 4.39 Å². The van der Waals surface area contributed by atoms with Crippen LogP contribution in [-0.2, 0) is 16.4 Å². The maximum absolute atomic E-state index is 13.3. The fraction of sp³-hybridized carbons (Fsp3) is 0.538. The van der Waals surface area contributed by atoms with Crippen molar-refractivity contribution >= 4 is 10.0 Å². The molecule has 0 radical (unpaired) electrons. The van der Waals surface area contributed by atoms with Gasteiger partial charge in [-0.1, -0.05) is 32.0 Å². The number of rotatable bonds is 8. The van der Waals surface area contributed by atoms with Crippen LogP contribution in [-0.4, -0.2) is 33.3 Å². The molecule has 0 fully saturated rings. The topological polar surface area (TPSA) is 58.2 Å². The van der Waals surface area contributed by atoms with Gasteiger partial charge in [0.2, 0.25) is 10.0 Å². The van der Waals surface area contributed by atoms with Crippen molar-refractivity contribution in [2.75, 3.05) is 18.8 Å². The average molecular weight is 288 g/mol. The molecule has 0 saturated heterocycles. The quantitative estimate of drug-likeness (QED) is 0.758. The van der Waals surface area contributed by atoms with Crippen LogP contribution < -0.4 is 10.0 Å². The van der Waals surface area contributed by atoms with Crippen LogP contribution in [0, 0.1) is 5.82 Å². The van der Waals surface area contributed by atoms with E-state index in [0.29, 0.717) is 18.5 Å². The van der Waals surface area contributed by atoms with Gasteiger partial charge in [-0.15, -0.1) is 0 Å². The van der Waals surface area contributed by atoms with Gasteiger partial charge in [0.25, 0.3) is 0 Å². The van der Waals surface area contributed by atoms with E-state index in [1.54, 1.807) is 18.2 Å². The van der Waals surface area contributed by atoms with Crippen molar-refractivity contribution in [3.8, 4) is 0 Å². The maximum Gasteiger partial charge on any atom is 0.212 e. The van der Waals surface area contributed by atoms with Crippen LogP contribution in [0.15, 0.2) is 24.3 Å². The van der Waals surface area contributed by atoms with Gasteiger partial charge in [0.1, 0.15) is 5.82 Å². The lowest BCUT2D eigenvalue weighted by molar-refractivity contribution is 0.564. The van der Waals surface area contributed by atoms with Gasteiger partial charge in [-0.2, -0.15) is 0 Å². The average Bonchev–Trinajstić information content (AvgIpc) is 2.30. The van der Waals surface area contributed by atoms with E-state index in [1.807, 2.05) is 13.8 Å². The van der Waals surface area contributed by atoms with Crippen LogP contribution >= 0.6 is 0 Å². The van der Waals surface area contributed by atoms with Crippen LogP contribution in [0.5, 0.6) is 0 Å². The van der Waals surface area contributed by atoms with Crippen LogP contribution in [0.25, 0.3) is 0 Å². The Morgan fingerprint density at radius 3 is 2.53 bits per heavy atom. The zero-order valence-corrected chi connectivity index (χ0v) is 12.1. The summed E-state index contributed by atoms with van der Waals surface area (Å²) in [4.78, 5) is 0. The Morgan fingerprint density at radius 1 is 1.21 bits per heavy atom. The van der Waals surface area contributed by atoms with Gasteiger partial charge in [-0.3, -0.25) is 0 Å². The largest absolute Gasteiger partial charge is 0.313 e. The Hall–Kier alpha value is -0.980. The molecule has 0 aromatic heterocycles. The number of nitrogens with one attached hydrogen (secondary N) is 2. The standard InChI is InChI=1S/C13H21FN2O2S/c1-11(2)15-9-10-19(17,18)16-8-7-12-5-3-4-6-13(12)14/h3-6,11,15-16H,7-10H2,1-2H3. The minimum Gasteiger partial charge on any atom is -0.313 e. The number of sulfonamides is 1. The lowest BCUT2D eigenvalue weighted by Crippen LogP contribution is -2.35. The summed E-state index contributed by atoms with van der Waals surface area (Å²) in [6.45, 7) is 4.54. The molecule has 1 aromatic carbocycles. The second-order valence-electron chi connectivity index (χ2n) is 4.66. The predicted octanol–water partition coefficient (Wildman–Crippen LogP) is 1.29. The molecule has 6 heteroatoms. The van der Waals surface area contributed by atoms with Gasteiger partial charge in [0.15, 0.2) is 0 Å². The molecule has 0 unspecified atom stereocenters. The van der Waals surface area contributed by atoms with Gasteiger partial charge in [-0.05, 0) is 18.1 Å². The summed E-state index contributed by atoms with van der Waals surface area (Å²) >= 11 is 0. The summed E-state index contributed by atoms with van der Waals surface area (Å²) in [5.41, 5.74) is 0.519. The Bertz CT molecular complexity index is 489. The second-order valence-corrected chi connectivity index (χ2v) is 6.59. The zero-order valence-electron chi connectivity index (χ0n) is 11.3. The third-order valence-corrected chi connectivity index (χ3v) is 3.98. The van der Waals surface area contributed by atoms with Crippen molar-refractivity contribution < 1.29 is 12.8 Å². The summed E-state index contributed by atoms with van der Waals surface area (Å²) in [6.07, 6.45) is 0.351.